The van der Waals surface area contributed by atoms with E-state index in [9.17, 15) is 24.9 Å². The number of carbonyl (C=O) groups excluding carboxylic acids is 1. The lowest BCUT2D eigenvalue weighted by Gasteiger charge is -2.43. The van der Waals surface area contributed by atoms with E-state index in [-0.39, 0.29) is 11.7 Å². The molecule has 306 valence electrons. The van der Waals surface area contributed by atoms with Crippen molar-refractivity contribution >= 4 is 22.8 Å². The number of methoxy groups -OCH3 is 2. The molecule has 0 unspecified atom stereocenters. The lowest BCUT2D eigenvalue weighted by Crippen LogP contribution is -2.66. The number of carbonyl (C=O) groups is 2. The molecule has 5 heterocycles. The molecule has 1 saturated heterocycles. The highest BCUT2D eigenvalue weighted by atomic mass is 16.7. The van der Waals surface area contributed by atoms with Crippen LogP contribution in [0.2, 0.25) is 0 Å². The minimum absolute atomic E-state index is 0.154. The normalized spacial score (nSPS) is 25.2. The number of aliphatic hydroxyl groups excluding tert-OH is 3. The zero-order valence-corrected chi connectivity index (χ0v) is 31.5. The number of carboxylic acids is 1. The maximum absolute atomic E-state index is 12.3. The van der Waals surface area contributed by atoms with Crippen LogP contribution in [0.15, 0.2) is 79.3 Å². The van der Waals surface area contributed by atoms with Crippen LogP contribution in [0.1, 0.15) is 40.7 Å². The summed E-state index contributed by atoms with van der Waals surface area (Å²) in [7, 11) is 3.12. The number of benzene rings is 3. The van der Waals surface area contributed by atoms with Crippen LogP contribution in [0, 0.1) is 0 Å². The first-order chi connectivity index (χ1) is 27.9. The smallest absolute Gasteiger partial charge is 0.317 e. The van der Waals surface area contributed by atoms with Crippen LogP contribution in [0.3, 0.4) is 0 Å². The lowest BCUT2D eigenvalue weighted by molar-refractivity contribution is -0.291. The Morgan fingerprint density at radius 1 is 0.948 bits per heavy atom. The van der Waals surface area contributed by atoms with Crippen LogP contribution in [-0.4, -0.2) is 105 Å². The van der Waals surface area contributed by atoms with Gasteiger partial charge in [0.05, 0.1) is 31.8 Å². The molecule has 0 saturated carbocycles. The average Bonchev–Trinajstić information content (AvgIpc) is 3.91. The predicted octanol–water partition coefficient (Wildman–Crippen LogP) is 2.07. The summed E-state index contributed by atoms with van der Waals surface area (Å²) in [5.41, 5.74) is 16.1. The Labute approximate surface area is 331 Å². The molecule has 5 aromatic rings. The van der Waals surface area contributed by atoms with Gasteiger partial charge in [0.1, 0.15) is 54.5 Å². The van der Waals surface area contributed by atoms with Crippen LogP contribution < -0.4 is 35.2 Å². The fraction of sp³-hybridized carbons (Fsp3) is 0.366. The largest absolute Gasteiger partial charge is 0.493 e. The fourth-order valence-corrected chi connectivity index (χ4v) is 8.17. The summed E-state index contributed by atoms with van der Waals surface area (Å²) in [5.74, 6) is -0.867. The molecule has 9 atom stereocenters. The minimum atomic E-state index is -1.88. The molecule has 9 N–H and O–H groups in total. The van der Waals surface area contributed by atoms with Gasteiger partial charge in [0.2, 0.25) is 12.0 Å². The summed E-state index contributed by atoms with van der Waals surface area (Å²) in [6.07, 6.45) is -7.68. The van der Waals surface area contributed by atoms with Crippen molar-refractivity contribution < 1.29 is 63.2 Å². The number of hydrogen-bond donors (Lipinski definition) is 7. The van der Waals surface area contributed by atoms with Crippen molar-refractivity contribution in [3.05, 3.63) is 102 Å². The number of esters is 1. The molecule has 8 rings (SSSR count). The first kappa shape index (κ1) is 39.0. The Bertz CT molecular complexity index is 2270. The van der Waals surface area contributed by atoms with E-state index in [1.165, 1.54) is 0 Å². The molecule has 17 nitrogen and oxygen atoms in total. The molecule has 1 fully saturated rings. The van der Waals surface area contributed by atoms with Gasteiger partial charge in [-0.15, -0.1) is 0 Å². The van der Waals surface area contributed by atoms with Gasteiger partial charge in [0.15, 0.2) is 17.6 Å². The van der Waals surface area contributed by atoms with Crippen LogP contribution in [0.5, 0.6) is 28.7 Å². The minimum Gasteiger partial charge on any atom is -0.493 e. The number of aromatic nitrogens is 2. The Morgan fingerprint density at radius 2 is 1.74 bits per heavy atom. The van der Waals surface area contributed by atoms with Crippen molar-refractivity contribution in [2.45, 2.75) is 80.5 Å². The molecule has 0 bridgehead atoms. The Balaban J connectivity index is 1.20. The van der Waals surface area contributed by atoms with Crippen LogP contribution in [0.4, 0.5) is 0 Å². The Morgan fingerprint density at radius 3 is 2.45 bits per heavy atom. The number of aliphatic hydroxyl groups is 3. The number of ether oxygens (including phenoxy) is 7. The maximum atomic E-state index is 12.3. The number of nitrogens with two attached hydrogens (primary N) is 2. The zero-order valence-electron chi connectivity index (χ0n) is 31.5. The Kier molecular flexibility index (Phi) is 10.7. The third-order valence-corrected chi connectivity index (χ3v) is 10.8. The third-order valence-electron chi connectivity index (χ3n) is 10.8. The van der Waals surface area contributed by atoms with Gasteiger partial charge in [-0.2, -0.15) is 0 Å². The standard InChI is InChI=1S/C41H44N4O13/c1-52-25-9-8-23-31-26(12-19-6-4-3-5-7-19)55-27-14-22(54-41-34(51)32(49)33(50)38(58-41)39(40(42)43)56-29(48)15-28(46)47)13-21(17-45-16-20-10-11-44-24(20)18-45)30(27)37(31)57-35(23)36(25)53-2/h3-11,13-14,16,18,26,31-34,37-41,44,49-51H,12,15,17,42-43H2,1-2H3,(H,46,47)/t26-,31-,32+,33+,34-,37+,38+,39+,41-/m1/s1. The Hall–Kier alpha value is -5.82. The first-order valence-corrected chi connectivity index (χ1v) is 18.6. The monoisotopic (exact) mass is 800 g/mol. The van der Waals surface area contributed by atoms with Gasteiger partial charge in [-0.1, -0.05) is 36.4 Å². The SMILES string of the molecule is COc1ccc2c(c1OC)O[C@H]1c3c(Cn4cc5cc[nH]c5c4)cc(O[C@@H]4O[C@H]([C@H](OC(=O)CC(=O)O)C(N)N)[C@@H](O)[C@H](O)[C@H]4O)cc3O[C@H](Cc3ccccc3)[C@@H]21. The molecular formula is C41H44N4O13. The van der Waals surface area contributed by atoms with Crippen molar-refractivity contribution in [2.24, 2.45) is 11.5 Å². The molecule has 0 amide bonds. The molecule has 3 aliphatic rings. The van der Waals surface area contributed by atoms with Crippen molar-refractivity contribution in [3.8, 4) is 28.7 Å². The number of aromatic amines is 1. The molecule has 2 aromatic heterocycles. The predicted molar refractivity (Wildman–Crippen MR) is 204 cm³/mol. The van der Waals surface area contributed by atoms with Crippen molar-refractivity contribution in [1.82, 2.24) is 9.55 Å². The highest BCUT2D eigenvalue weighted by molar-refractivity contribution is 5.90. The average molecular weight is 801 g/mol. The van der Waals surface area contributed by atoms with Gasteiger partial charge in [-0.05, 0) is 29.3 Å². The van der Waals surface area contributed by atoms with E-state index in [2.05, 4.69) is 4.98 Å². The third kappa shape index (κ3) is 7.27. The summed E-state index contributed by atoms with van der Waals surface area (Å²) in [4.78, 5) is 26.7. The molecular weight excluding hydrogens is 756 g/mol. The van der Waals surface area contributed by atoms with Gasteiger partial charge >= 0.3 is 11.9 Å². The second kappa shape index (κ2) is 15.8. The number of carboxylic acid groups (broad SMARTS) is 1. The number of nitrogens with one attached hydrogen (secondary N) is 1. The van der Waals surface area contributed by atoms with Crippen LogP contribution >= 0.6 is 0 Å². The molecule has 3 aromatic carbocycles. The fourth-order valence-electron chi connectivity index (χ4n) is 8.17. The number of H-pyrrole nitrogens is 1. The molecule has 58 heavy (non-hydrogen) atoms. The van der Waals surface area contributed by atoms with Gasteiger partial charge in [0, 0.05) is 54.1 Å². The van der Waals surface area contributed by atoms with E-state index in [4.69, 9.17) is 49.7 Å². The summed E-state index contributed by atoms with van der Waals surface area (Å²) < 4.78 is 44.7. The molecule has 17 heteroatoms. The quantitative estimate of drug-likeness (QED) is 0.0512. The molecule has 3 aliphatic heterocycles. The molecule has 0 aliphatic carbocycles. The lowest BCUT2D eigenvalue weighted by atomic mass is 9.80. The topological polar surface area (TPSA) is 252 Å². The number of rotatable bonds is 13. The van der Waals surface area contributed by atoms with Gasteiger partial charge in [-0.3, -0.25) is 9.59 Å². The van der Waals surface area contributed by atoms with Gasteiger partial charge in [-0.25, -0.2) is 0 Å². The van der Waals surface area contributed by atoms with Crippen molar-refractivity contribution in [2.75, 3.05) is 14.2 Å². The first-order valence-electron chi connectivity index (χ1n) is 18.6. The zero-order chi connectivity index (χ0) is 40.8. The summed E-state index contributed by atoms with van der Waals surface area (Å²) in [6.45, 7) is 0.319. The number of aliphatic carboxylic acids is 1. The summed E-state index contributed by atoms with van der Waals surface area (Å²) in [5, 5.41) is 43.1. The number of fused-ring (bicyclic) bond motifs is 6. The second-order valence-corrected chi connectivity index (χ2v) is 14.6. The van der Waals surface area contributed by atoms with E-state index in [0.29, 0.717) is 36.0 Å². The molecule has 0 radical (unpaired) electrons. The highest BCUT2D eigenvalue weighted by Crippen LogP contribution is 2.59. The number of nitrogens with zero attached hydrogens (tertiary/aromatic N) is 1. The second-order valence-electron chi connectivity index (χ2n) is 14.6. The van der Waals surface area contributed by atoms with E-state index in [1.54, 1.807) is 26.4 Å². The van der Waals surface area contributed by atoms with Gasteiger partial charge in [0.25, 0.3) is 0 Å². The van der Waals surface area contributed by atoms with Crippen LogP contribution in [0.25, 0.3) is 10.9 Å². The van der Waals surface area contributed by atoms with Gasteiger partial charge < -0.3 is 74.6 Å². The summed E-state index contributed by atoms with van der Waals surface area (Å²) >= 11 is 0. The van der Waals surface area contributed by atoms with E-state index < -0.39 is 73.5 Å². The maximum Gasteiger partial charge on any atom is 0.317 e. The van der Waals surface area contributed by atoms with Crippen molar-refractivity contribution in [1.29, 1.82) is 0 Å². The van der Waals surface area contributed by atoms with Crippen molar-refractivity contribution in [3.63, 3.8) is 0 Å². The van der Waals surface area contributed by atoms with E-state index >= 15 is 0 Å². The van der Waals surface area contributed by atoms with E-state index in [0.717, 1.165) is 33.2 Å². The summed E-state index contributed by atoms with van der Waals surface area (Å²) in [6, 6.07) is 19.1. The number of hydrogen-bond acceptors (Lipinski definition) is 14. The molecule has 0 spiro atoms. The van der Waals surface area contributed by atoms with E-state index in [1.807, 2.05) is 71.7 Å². The highest BCUT2D eigenvalue weighted by Gasteiger charge is 2.52. The van der Waals surface area contributed by atoms with Crippen LogP contribution in [-0.2, 0) is 32.0 Å².